The van der Waals surface area contributed by atoms with Gasteiger partial charge in [0.05, 0.1) is 12.8 Å². The van der Waals surface area contributed by atoms with Crippen molar-refractivity contribution in [1.29, 1.82) is 0 Å². The van der Waals surface area contributed by atoms with E-state index in [1.807, 2.05) is 37.5 Å². The highest BCUT2D eigenvalue weighted by atomic mass is 127. The number of nitrogens with one attached hydrogen (secondary N) is 2. The minimum atomic E-state index is 0. The van der Waals surface area contributed by atoms with Gasteiger partial charge in [0.25, 0.3) is 0 Å². The summed E-state index contributed by atoms with van der Waals surface area (Å²) in [5.74, 6) is 2.81. The van der Waals surface area contributed by atoms with Crippen LogP contribution < -0.4 is 20.3 Å². The molecule has 1 atom stereocenters. The molecule has 7 nitrogen and oxygen atoms in total. The molecule has 0 aliphatic carbocycles. The summed E-state index contributed by atoms with van der Waals surface area (Å²) in [6, 6.07) is 6.10. The lowest BCUT2D eigenvalue weighted by Gasteiger charge is -2.22. The molecule has 2 N–H and O–H groups in total. The van der Waals surface area contributed by atoms with E-state index in [1.165, 1.54) is 0 Å². The molecule has 1 fully saturated rings. The van der Waals surface area contributed by atoms with Gasteiger partial charge in [0.15, 0.2) is 5.96 Å². The molecular formula is C22H34ClIN6O. The number of benzene rings is 1. The zero-order chi connectivity index (χ0) is 21.3. The van der Waals surface area contributed by atoms with Crippen molar-refractivity contribution in [2.24, 2.45) is 4.99 Å². The van der Waals surface area contributed by atoms with Crippen LogP contribution in [0.1, 0.15) is 32.0 Å². The number of aliphatic imine (C=N–C) groups is 1. The number of anilines is 1. The van der Waals surface area contributed by atoms with Crippen LogP contribution in [-0.4, -0.2) is 54.8 Å². The van der Waals surface area contributed by atoms with E-state index in [0.29, 0.717) is 6.04 Å². The number of ether oxygens (including phenoxy) is 1. The minimum Gasteiger partial charge on any atom is -0.495 e. The molecule has 2 heterocycles. The van der Waals surface area contributed by atoms with Gasteiger partial charge in [-0.3, -0.25) is 4.99 Å². The predicted molar refractivity (Wildman–Crippen MR) is 139 cm³/mol. The van der Waals surface area contributed by atoms with Gasteiger partial charge in [-0.05, 0) is 51.3 Å². The van der Waals surface area contributed by atoms with E-state index < -0.39 is 0 Å². The number of nitrogens with zero attached hydrogens (tertiary/aromatic N) is 4. The van der Waals surface area contributed by atoms with Crippen LogP contribution in [0.4, 0.5) is 5.69 Å². The Labute approximate surface area is 207 Å². The van der Waals surface area contributed by atoms with Crippen molar-refractivity contribution in [2.45, 2.75) is 45.7 Å². The minimum absolute atomic E-state index is 0. The maximum Gasteiger partial charge on any atom is 0.191 e. The molecule has 0 bridgehead atoms. The molecule has 172 valence electrons. The Bertz CT molecular complexity index is 843. The van der Waals surface area contributed by atoms with Crippen LogP contribution in [0.2, 0.25) is 5.02 Å². The van der Waals surface area contributed by atoms with E-state index >= 15 is 0 Å². The van der Waals surface area contributed by atoms with Crippen LogP contribution in [0.25, 0.3) is 0 Å². The number of aryl methyl sites for hydroxylation is 2. The van der Waals surface area contributed by atoms with Crippen molar-refractivity contribution in [3.05, 3.63) is 41.4 Å². The Hall–Kier alpha value is -1.68. The summed E-state index contributed by atoms with van der Waals surface area (Å²) in [5.41, 5.74) is 1.05. The number of rotatable bonds is 9. The summed E-state index contributed by atoms with van der Waals surface area (Å²) in [5, 5.41) is 7.68. The van der Waals surface area contributed by atoms with Crippen molar-refractivity contribution < 1.29 is 4.74 Å². The highest BCUT2D eigenvalue weighted by molar-refractivity contribution is 14.0. The number of unbranched alkanes of at least 4 members (excludes halogenated alkanes) is 1. The number of guanidine groups is 1. The standard InChI is InChI=1S/C22H33ClN6O.HI/c1-4-24-22(26-10-5-6-12-28-14-11-25-17(28)2)27-19-9-13-29(16-19)20-15-18(23)7-8-21(20)30-3;/h7-8,11,14-15,19H,4-6,9-10,12-13,16H2,1-3H3,(H2,24,26,27);1H. The second-order valence-electron chi connectivity index (χ2n) is 7.53. The highest BCUT2D eigenvalue weighted by Crippen LogP contribution is 2.33. The molecular weight excluding hydrogens is 527 g/mol. The molecule has 0 amide bonds. The number of aromatic nitrogens is 2. The molecule has 0 spiro atoms. The molecule has 1 unspecified atom stereocenters. The number of methoxy groups -OCH3 is 1. The van der Waals surface area contributed by atoms with Crippen LogP contribution in [-0.2, 0) is 6.54 Å². The third-order valence-corrected chi connectivity index (χ3v) is 5.59. The maximum absolute atomic E-state index is 6.21. The molecule has 2 aromatic rings. The van der Waals surface area contributed by atoms with E-state index in [-0.39, 0.29) is 24.0 Å². The van der Waals surface area contributed by atoms with Gasteiger partial charge in [-0.1, -0.05) is 11.6 Å². The molecule has 0 radical (unpaired) electrons. The maximum atomic E-state index is 6.21. The summed E-state index contributed by atoms with van der Waals surface area (Å²) in [7, 11) is 1.70. The number of hydrogen-bond acceptors (Lipinski definition) is 4. The van der Waals surface area contributed by atoms with Gasteiger partial charge in [-0.2, -0.15) is 0 Å². The van der Waals surface area contributed by atoms with Crippen molar-refractivity contribution in [3.63, 3.8) is 0 Å². The van der Waals surface area contributed by atoms with E-state index in [0.717, 1.165) is 80.2 Å². The van der Waals surface area contributed by atoms with Gasteiger partial charge >= 0.3 is 0 Å². The second kappa shape index (κ2) is 13.0. The monoisotopic (exact) mass is 560 g/mol. The van der Waals surface area contributed by atoms with Crippen molar-refractivity contribution in [2.75, 3.05) is 38.2 Å². The molecule has 1 aromatic carbocycles. The smallest absolute Gasteiger partial charge is 0.191 e. The molecule has 0 saturated carbocycles. The summed E-state index contributed by atoms with van der Waals surface area (Å²) in [6.07, 6.45) is 7.06. The Morgan fingerprint density at radius 2 is 2.19 bits per heavy atom. The van der Waals surface area contributed by atoms with Crippen LogP contribution in [0.5, 0.6) is 5.75 Å². The van der Waals surface area contributed by atoms with Gasteiger partial charge in [0, 0.05) is 56.2 Å². The Morgan fingerprint density at radius 3 is 2.90 bits per heavy atom. The van der Waals surface area contributed by atoms with Crippen molar-refractivity contribution >= 4 is 47.2 Å². The zero-order valence-corrected chi connectivity index (χ0v) is 21.7. The Balaban J connectivity index is 0.00000341. The first kappa shape index (κ1) is 25.6. The van der Waals surface area contributed by atoms with Gasteiger partial charge in [0.2, 0.25) is 0 Å². The second-order valence-corrected chi connectivity index (χ2v) is 7.96. The molecule has 1 aromatic heterocycles. The fraction of sp³-hybridized carbons (Fsp3) is 0.545. The fourth-order valence-electron chi connectivity index (χ4n) is 3.75. The fourth-order valence-corrected chi connectivity index (χ4v) is 3.91. The SMILES string of the molecule is CCNC(=NCCCCn1ccnc1C)NC1CCN(c2cc(Cl)ccc2OC)C1.I. The summed E-state index contributed by atoms with van der Waals surface area (Å²) in [4.78, 5) is 11.4. The normalized spacial score (nSPS) is 16.2. The zero-order valence-electron chi connectivity index (χ0n) is 18.6. The average molecular weight is 561 g/mol. The van der Waals surface area contributed by atoms with Crippen LogP contribution in [0.15, 0.2) is 35.6 Å². The first-order chi connectivity index (χ1) is 14.6. The molecule has 31 heavy (non-hydrogen) atoms. The third kappa shape index (κ3) is 7.45. The van der Waals surface area contributed by atoms with Crippen LogP contribution >= 0.6 is 35.6 Å². The quantitative estimate of drug-likeness (QED) is 0.209. The lowest BCUT2D eigenvalue weighted by atomic mass is 10.2. The highest BCUT2D eigenvalue weighted by Gasteiger charge is 2.25. The molecule has 3 rings (SSSR count). The Kier molecular flexibility index (Phi) is 10.7. The lowest BCUT2D eigenvalue weighted by molar-refractivity contribution is 0.415. The van der Waals surface area contributed by atoms with Crippen LogP contribution in [0, 0.1) is 6.92 Å². The summed E-state index contributed by atoms with van der Waals surface area (Å²) < 4.78 is 7.70. The third-order valence-electron chi connectivity index (χ3n) is 5.36. The topological polar surface area (TPSA) is 66.7 Å². The summed E-state index contributed by atoms with van der Waals surface area (Å²) >= 11 is 6.21. The predicted octanol–water partition coefficient (Wildman–Crippen LogP) is 4.09. The van der Waals surface area contributed by atoms with Gasteiger partial charge in [-0.25, -0.2) is 4.98 Å². The number of imidazole rings is 1. The van der Waals surface area contributed by atoms with Gasteiger partial charge < -0.3 is 24.8 Å². The average Bonchev–Trinajstić information content (AvgIpc) is 3.37. The van der Waals surface area contributed by atoms with E-state index in [4.69, 9.17) is 21.3 Å². The molecule has 1 aliphatic heterocycles. The van der Waals surface area contributed by atoms with E-state index in [9.17, 15) is 0 Å². The number of hydrogen-bond donors (Lipinski definition) is 2. The van der Waals surface area contributed by atoms with Crippen LogP contribution in [0.3, 0.4) is 0 Å². The van der Waals surface area contributed by atoms with Crippen molar-refractivity contribution in [1.82, 2.24) is 20.2 Å². The lowest BCUT2D eigenvalue weighted by Crippen LogP contribution is -2.44. The molecule has 1 saturated heterocycles. The largest absolute Gasteiger partial charge is 0.495 e. The van der Waals surface area contributed by atoms with E-state index in [1.54, 1.807) is 7.11 Å². The van der Waals surface area contributed by atoms with Gasteiger partial charge in [-0.15, -0.1) is 24.0 Å². The Morgan fingerprint density at radius 1 is 1.35 bits per heavy atom. The first-order valence-corrected chi connectivity index (χ1v) is 11.1. The summed E-state index contributed by atoms with van der Waals surface area (Å²) in [6.45, 7) is 8.62. The van der Waals surface area contributed by atoms with E-state index in [2.05, 4.69) is 32.0 Å². The van der Waals surface area contributed by atoms with Crippen molar-refractivity contribution in [3.8, 4) is 5.75 Å². The first-order valence-electron chi connectivity index (χ1n) is 10.7. The number of halogens is 2. The molecule has 9 heteroatoms. The van der Waals surface area contributed by atoms with Gasteiger partial charge in [0.1, 0.15) is 11.6 Å². The molecule has 1 aliphatic rings.